The van der Waals surface area contributed by atoms with E-state index >= 15 is 0 Å². The normalized spacial score (nSPS) is 20.8. The summed E-state index contributed by atoms with van der Waals surface area (Å²) in [5.74, 6) is 0.816. The lowest BCUT2D eigenvalue weighted by Crippen LogP contribution is -2.14. The molecule has 1 amide bonds. The average molecular weight is 286 g/mol. The first-order valence-corrected chi connectivity index (χ1v) is 7.76. The Hall–Kier alpha value is -1.68. The van der Waals surface area contributed by atoms with Gasteiger partial charge in [-0.25, -0.2) is 4.98 Å². The quantitative estimate of drug-likeness (QED) is 0.926. The van der Waals surface area contributed by atoms with E-state index in [1.165, 1.54) is 22.5 Å². The first-order chi connectivity index (χ1) is 9.54. The second-order valence-electron chi connectivity index (χ2n) is 5.67. The number of nitrogens with one attached hydrogen (secondary N) is 1. The molecule has 2 aromatic rings. The van der Waals surface area contributed by atoms with E-state index in [1.807, 2.05) is 5.38 Å². The number of aromatic nitrogens is 1. The Morgan fingerprint density at radius 3 is 2.80 bits per heavy atom. The number of carbonyl (C=O) groups excluding carboxylic acids is 1. The minimum absolute atomic E-state index is 0.110. The summed E-state index contributed by atoms with van der Waals surface area (Å²) in [4.78, 5) is 16.4. The van der Waals surface area contributed by atoms with Crippen LogP contribution in [0.25, 0.3) is 11.3 Å². The van der Waals surface area contributed by atoms with E-state index in [0.717, 1.165) is 17.7 Å². The molecule has 0 bridgehead atoms. The summed E-state index contributed by atoms with van der Waals surface area (Å²) >= 11 is 1.49. The maximum absolute atomic E-state index is 11.9. The molecule has 1 aliphatic carbocycles. The predicted molar refractivity (Wildman–Crippen MR) is 82.9 cm³/mol. The van der Waals surface area contributed by atoms with Crippen molar-refractivity contribution in [3.63, 3.8) is 0 Å². The van der Waals surface area contributed by atoms with Crippen LogP contribution in [0.3, 0.4) is 0 Å². The van der Waals surface area contributed by atoms with Crippen molar-refractivity contribution in [2.24, 2.45) is 11.8 Å². The summed E-state index contributed by atoms with van der Waals surface area (Å²) in [6.45, 7) is 6.28. The number of thiazole rings is 1. The van der Waals surface area contributed by atoms with E-state index in [1.54, 1.807) is 0 Å². The fraction of sp³-hybridized carbons (Fsp3) is 0.375. The van der Waals surface area contributed by atoms with Crippen molar-refractivity contribution in [3.05, 3.63) is 34.7 Å². The van der Waals surface area contributed by atoms with Crippen LogP contribution in [0, 0.1) is 25.7 Å². The molecule has 104 valence electrons. The molecule has 3 nitrogen and oxygen atoms in total. The number of anilines is 1. The fourth-order valence-electron chi connectivity index (χ4n) is 2.44. The first kappa shape index (κ1) is 13.3. The van der Waals surface area contributed by atoms with E-state index in [9.17, 15) is 4.79 Å². The summed E-state index contributed by atoms with van der Waals surface area (Å²) in [5, 5.41) is 5.63. The van der Waals surface area contributed by atoms with Crippen LogP contribution in [0.5, 0.6) is 0 Å². The molecule has 1 aromatic heterocycles. The third kappa shape index (κ3) is 2.61. The number of amides is 1. The maximum atomic E-state index is 11.9. The van der Waals surface area contributed by atoms with Crippen molar-refractivity contribution in [2.75, 3.05) is 5.32 Å². The molecule has 1 N–H and O–H groups in total. The molecule has 20 heavy (non-hydrogen) atoms. The van der Waals surface area contributed by atoms with Crippen LogP contribution in [0.2, 0.25) is 0 Å². The summed E-state index contributed by atoms with van der Waals surface area (Å²) in [5.41, 5.74) is 4.53. The zero-order valence-corrected chi connectivity index (χ0v) is 12.8. The molecule has 1 saturated carbocycles. The zero-order chi connectivity index (χ0) is 14.3. The summed E-state index contributed by atoms with van der Waals surface area (Å²) in [6, 6.07) is 6.33. The molecule has 2 atom stereocenters. The summed E-state index contributed by atoms with van der Waals surface area (Å²) in [7, 11) is 0. The first-order valence-electron chi connectivity index (χ1n) is 6.88. The Bertz CT molecular complexity index is 662. The lowest BCUT2D eigenvalue weighted by molar-refractivity contribution is -0.117. The number of hydrogen-bond acceptors (Lipinski definition) is 3. The van der Waals surface area contributed by atoms with Crippen LogP contribution in [0.4, 0.5) is 5.13 Å². The second kappa shape index (κ2) is 5.02. The number of aryl methyl sites for hydroxylation is 2. The molecular formula is C16H18N2OS. The van der Waals surface area contributed by atoms with Gasteiger partial charge in [0.05, 0.1) is 5.69 Å². The number of rotatable bonds is 3. The molecule has 1 aliphatic rings. The van der Waals surface area contributed by atoms with Crippen molar-refractivity contribution >= 4 is 22.4 Å². The summed E-state index contributed by atoms with van der Waals surface area (Å²) < 4.78 is 0. The van der Waals surface area contributed by atoms with Crippen LogP contribution < -0.4 is 5.32 Å². The van der Waals surface area contributed by atoms with Gasteiger partial charge in [-0.05, 0) is 31.7 Å². The number of hydrogen-bond donors (Lipinski definition) is 1. The predicted octanol–water partition coefficient (Wildman–Crippen LogP) is 4.02. The topological polar surface area (TPSA) is 42.0 Å². The Labute approximate surface area is 123 Å². The molecule has 1 heterocycles. The van der Waals surface area contributed by atoms with Crippen LogP contribution >= 0.6 is 11.3 Å². The maximum Gasteiger partial charge on any atom is 0.229 e. The Morgan fingerprint density at radius 2 is 2.15 bits per heavy atom. The van der Waals surface area contributed by atoms with E-state index in [0.29, 0.717) is 11.0 Å². The molecule has 0 spiro atoms. The Balaban J connectivity index is 1.78. The molecule has 3 rings (SSSR count). The second-order valence-corrected chi connectivity index (χ2v) is 6.52. The van der Waals surface area contributed by atoms with Gasteiger partial charge >= 0.3 is 0 Å². The van der Waals surface area contributed by atoms with Gasteiger partial charge in [0.15, 0.2) is 5.13 Å². The Kier molecular flexibility index (Phi) is 3.34. The highest BCUT2D eigenvalue weighted by molar-refractivity contribution is 7.14. The van der Waals surface area contributed by atoms with Crippen molar-refractivity contribution < 1.29 is 4.79 Å². The van der Waals surface area contributed by atoms with Crippen molar-refractivity contribution in [1.82, 2.24) is 4.98 Å². The highest BCUT2D eigenvalue weighted by Gasteiger charge is 2.39. The van der Waals surface area contributed by atoms with Crippen LogP contribution in [-0.4, -0.2) is 10.9 Å². The van der Waals surface area contributed by atoms with Gasteiger partial charge in [-0.15, -0.1) is 11.3 Å². The van der Waals surface area contributed by atoms with E-state index < -0.39 is 0 Å². The van der Waals surface area contributed by atoms with Crippen molar-refractivity contribution in [2.45, 2.75) is 27.2 Å². The Morgan fingerprint density at radius 1 is 1.40 bits per heavy atom. The number of benzene rings is 1. The van der Waals surface area contributed by atoms with Gasteiger partial charge in [0.1, 0.15) is 0 Å². The number of carbonyl (C=O) groups is 1. The van der Waals surface area contributed by atoms with Gasteiger partial charge in [0, 0.05) is 16.9 Å². The molecule has 0 radical (unpaired) electrons. The lowest BCUT2D eigenvalue weighted by atomic mass is 10.0. The third-order valence-corrected chi connectivity index (χ3v) is 4.60. The van der Waals surface area contributed by atoms with Gasteiger partial charge in [-0.1, -0.05) is 30.7 Å². The zero-order valence-electron chi connectivity index (χ0n) is 11.9. The minimum Gasteiger partial charge on any atom is -0.302 e. The van der Waals surface area contributed by atoms with Crippen LogP contribution in [0.15, 0.2) is 23.6 Å². The highest BCUT2D eigenvalue weighted by Crippen LogP contribution is 2.39. The SMILES string of the molecule is Cc1ccc(-c2csc(NC(=O)[C@H]3C[C@H]3C)n2)c(C)c1. The fourth-order valence-corrected chi connectivity index (χ4v) is 3.15. The van der Waals surface area contributed by atoms with Gasteiger partial charge < -0.3 is 5.32 Å². The van der Waals surface area contributed by atoms with E-state index in [-0.39, 0.29) is 11.8 Å². The largest absolute Gasteiger partial charge is 0.302 e. The molecule has 0 aliphatic heterocycles. The number of nitrogens with zero attached hydrogens (tertiary/aromatic N) is 1. The summed E-state index contributed by atoms with van der Waals surface area (Å²) in [6.07, 6.45) is 1.00. The molecule has 1 fully saturated rings. The molecule has 4 heteroatoms. The van der Waals surface area contributed by atoms with Gasteiger partial charge in [0.2, 0.25) is 5.91 Å². The smallest absolute Gasteiger partial charge is 0.229 e. The minimum atomic E-state index is 0.110. The lowest BCUT2D eigenvalue weighted by Gasteiger charge is -2.03. The van der Waals surface area contributed by atoms with Crippen LogP contribution in [-0.2, 0) is 4.79 Å². The van der Waals surface area contributed by atoms with Gasteiger partial charge in [-0.3, -0.25) is 4.79 Å². The average Bonchev–Trinajstić information content (AvgIpc) is 2.95. The monoisotopic (exact) mass is 286 g/mol. The molecular weight excluding hydrogens is 268 g/mol. The third-order valence-electron chi connectivity index (χ3n) is 3.84. The molecule has 1 aromatic carbocycles. The molecule has 0 unspecified atom stereocenters. The van der Waals surface area contributed by atoms with E-state index in [4.69, 9.17) is 0 Å². The molecule has 0 saturated heterocycles. The van der Waals surface area contributed by atoms with Gasteiger partial charge in [0.25, 0.3) is 0 Å². The van der Waals surface area contributed by atoms with Crippen molar-refractivity contribution in [1.29, 1.82) is 0 Å². The van der Waals surface area contributed by atoms with Crippen molar-refractivity contribution in [3.8, 4) is 11.3 Å². The van der Waals surface area contributed by atoms with Gasteiger partial charge in [-0.2, -0.15) is 0 Å². The van der Waals surface area contributed by atoms with E-state index in [2.05, 4.69) is 49.3 Å². The van der Waals surface area contributed by atoms with Crippen LogP contribution in [0.1, 0.15) is 24.5 Å². The standard InChI is InChI=1S/C16H18N2OS/c1-9-4-5-12(10(2)6-9)14-8-20-16(17-14)18-15(19)13-7-11(13)3/h4-6,8,11,13H,7H2,1-3H3,(H,17,18,19)/t11-,13+/m1/s1. The highest BCUT2D eigenvalue weighted by atomic mass is 32.1.